The molecule has 5 aliphatic carbocycles. The van der Waals surface area contributed by atoms with Crippen molar-refractivity contribution in [3.63, 3.8) is 0 Å². The molecule has 5 fully saturated rings. The Morgan fingerprint density at radius 3 is 2.14 bits per heavy atom. The van der Waals surface area contributed by atoms with E-state index < -0.39 is 50.5 Å². The molecule has 6 atom stereocenters. The molecule has 0 radical (unpaired) electrons. The SMILES string of the molecule is CC(C)=CC[C@@]12C[C@@H]3C[C@H]4C[C@@H](O)C(C)(C)[C@@]4(C1=O)C(=O)[C@](C(=O)c1ccccc1)(C2=O)C3(C)C. The predicted octanol–water partition coefficient (Wildman–Crippen LogP) is 4.76. The van der Waals surface area contributed by atoms with Crippen LogP contribution in [0.15, 0.2) is 42.0 Å². The molecule has 0 amide bonds. The first-order valence-electron chi connectivity index (χ1n) is 12.8. The number of Topliss-reactive ketones (excluding diaryl/α,β-unsaturated/α-hetero) is 4. The van der Waals surface area contributed by atoms with Crippen LogP contribution in [0.2, 0.25) is 0 Å². The first-order chi connectivity index (χ1) is 16.2. The molecule has 5 saturated carbocycles. The summed E-state index contributed by atoms with van der Waals surface area (Å²) in [5.41, 5.74) is -5.71. The fourth-order valence-electron chi connectivity index (χ4n) is 8.53. The number of rotatable bonds is 4. The second kappa shape index (κ2) is 7.09. The third-order valence-corrected chi connectivity index (χ3v) is 10.6. The molecule has 1 aromatic carbocycles. The Balaban J connectivity index is 1.91. The van der Waals surface area contributed by atoms with Crippen molar-refractivity contribution in [2.45, 2.75) is 73.3 Å². The van der Waals surface area contributed by atoms with Crippen molar-refractivity contribution in [1.82, 2.24) is 0 Å². The zero-order valence-corrected chi connectivity index (χ0v) is 21.6. The summed E-state index contributed by atoms with van der Waals surface area (Å²) in [4.78, 5) is 59.0. The number of allylic oxidation sites excluding steroid dienone is 2. The van der Waals surface area contributed by atoms with E-state index in [1.807, 2.05) is 33.8 Å². The van der Waals surface area contributed by atoms with Crippen LogP contribution in [0.4, 0.5) is 0 Å². The fourth-order valence-corrected chi connectivity index (χ4v) is 8.53. The van der Waals surface area contributed by atoms with Crippen molar-refractivity contribution in [2.75, 3.05) is 0 Å². The molecule has 1 spiro atoms. The van der Waals surface area contributed by atoms with Gasteiger partial charge in [-0.3, -0.25) is 19.2 Å². The van der Waals surface area contributed by atoms with E-state index in [0.717, 1.165) is 5.57 Å². The largest absolute Gasteiger partial charge is 0.393 e. The molecular formula is C30H36O5. The third-order valence-electron chi connectivity index (χ3n) is 10.6. The summed E-state index contributed by atoms with van der Waals surface area (Å²) >= 11 is 0. The molecule has 186 valence electrons. The van der Waals surface area contributed by atoms with Crippen molar-refractivity contribution in [3.05, 3.63) is 47.5 Å². The van der Waals surface area contributed by atoms with E-state index in [4.69, 9.17) is 0 Å². The van der Waals surface area contributed by atoms with Gasteiger partial charge in [0, 0.05) is 11.0 Å². The van der Waals surface area contributed by atoms with Gasteiger partial charge in [0.15, 0.2) is 28.5 Å². The Labute approximate surface area is 207 Å². The highest BCUT2D eigenvalue weighted by molar-refractivity contribution is 6.42. The number of hydrogen-bond acceptors (Lipinski definition) is 5. The minimum atomic E-state index is -1.96. The van der Waals surface area contributed by atoms with E-state index in [1.54, 1.807) is 44.2 Å². The van der Waals surface area contributed by atoms with Gasteiger partial charge in [-0.25, -0.2) is 0 Å². The van der Waals surface area contributed by atoms with Gasteiger partial charge in [-0.1, -0.05) is 69.7 Å². The average Bonchev–Trinajstić information content (AvgIpc) is 2.89. The lowest BCUT2D eigenvalue weighted by Crippen LogP contribution is -2.77. The molecule has 0 saturated heterocycles. The van der Waals surface area contributed by atoms with Crippen molar-refractivity contribution in [2.24, 2.45) is 38.9 Å². The molecule has 6 rings (SSSR count). The van der Waals surface area contributed by atoms with Gasteiger partial charge in [-0.15, -0.1) is 0 Å². The van der Waals surface area contributed by atoms with Crippen LogP contribution in [0.5, 0.6) is 0 Å². The van der Waals surface area contributed by atoms with Gasteiger partial charge >= 0.3 is 0 Å². The summed E-state index contributed by atoms with van der Waals surface area (Å²) in [6.45, 7) is 11.2. The van der Waals surface area contributed by atoms with Gasteiger partial charge in [0.1, 0.15) is 5.41 Å². The molecule has 4 bridgehead atoms. The second-order valence-corrected chi connectivity index (χ2v) is 12.8. The molecular weight excluding hydrogens is 440 g/mol. The highest BCUT2D eigenvalue weighted by atomic mass is 16.3. The Hall–Kier alpha value is -2.40. The van der Waals surface area contributed by atoms with E-state index in [9.17, 15) is 19.5 Å². The number of aliphatic hydroxyl groups is 1. The first-order valence-corrected chi connectivity index (χ1v) is 12.8. The van der Waals surface area contributed by atoms with Crippen molar-refractivity contribution < 1.29 is 24.3 Å². The van der Waals surface area contributed by atoms with Gasteiger partial charge < -0.3 is 5.11 Å². The Kier molecular flexibility index (Phi) is 4.92. The molecule has 0 aliphatic heterocycles. The van der Waals surface area contributed by atoms with E-state index in [2.05, 4.69) is 0 Å². The molecule has 0 aromatic heterocycles. The van der Waals surface area contributed by atoms with E-state index in [-0.39, 0.29) is 24.0 Å². The van der Waals surface area contributed by atoms with Crippen LogP contribution in [0.1, 0.15) is 77.6 Å². The van der Waals surface area contributed by atoms with Crippen molar-refractivity contribution in [3.8, 4) is 0 Å². The number of carbonyl (C=O) groups excluding carboxylic acids is 4. The third kappa shape index (κ3) is 2.44. The van der Waals surface area contributed by atoms with Gasteiger partial charge in [0.05, 0.1) is 11.5 Å². The summed E-state index contributed by atoms with van der Waals surface area (Å²) in [5.74, 6) is -2.48. The maximum absolute atomic E-state index is 15.0. The van der Waals surface area contributed by atoms with Gasteiger partial charge in [-0.2, -0.15) is 0 Å². The topological polar surface area (TPSA) is 88.5 Å². The first kappa shape index (κ1) is 24.3. The number of ketones is 4. The van der Waals surface area contributed by atoms with Crippen LogP contribution >= 0.6 is 0 Å². The van der Waals surface area contributed by atoms with Crippen LogP contribution < -0.4 is 0 Å². The fraction of sp³-hybridized carbons (Fsp3) is 0.600. The standard InChI is InChI=1S/C30H36O5/c1-17(2)12-13-28-16-20-14-19-15-21(31)27(5,6)29(19,23(28)33)25(35)30(24(28)34,26(20,3)4)22(32)18-10-8-7-9-11-18/h7-12,19-21,31H,13-16H2,1-6H3/t19-,20-,21+,28+,29-,30-/m0/s1. The predicted molar refractivity (Wildman–Crippen MR) is 132 cm³/mol. The van der Waals surface area contributed by atoms with E-state index in [0.29, 0.717) is 24.8 Å². The van der Waals surface area contributed by atoms with Gasteiger partial charge in [-0.05, 0) is 56.8 Å². The van der Waals surface area contributed by atoms with Crippen LogP contribution in [-0.2, 0) is 14.4 Å². The summed E-state index contributed by atoms with van der Waals surface area (Å²) in [7, 11) is 0. The molecule has 0 unspecified atom stereocenters. The van der Waals surface area contributed by atoms with Crippen LogP contribution in [0.3, 0.4) is 0 Å². The zero-order valence-electron chi connectivity index (χ0n) is 21.6. The maximum Gasteiger partial charge on any atom is 0.184 e. The monoisotopic (exact) mass is 476 g/mol. The van der Waals surface area contributed by atoms with Crippen molar-refractivity contribution in [1.29, 1.82) is 0 Å². The lowest BCUT2D eigenvalue weighted by molar-refractivity contribution is -0.188. The number of benzene rings is 1. The normalized spacial score (nSPS) is 40.4. The quantitative estimate of drug-likeness (QED) is 0.384. The Morgan fingerprint density at radius 1 is 0.914 bits per heavy atom. The minimum Gasteiger partial charge on any atom is -0.393 e. The number of aliphatic hydroxyl groups excluding tert-OH is 1. The van der Waals surface area contributed by atoms with Gasteiger partial charge in [0.25, 0.3) is 0 Å². The highest BCUT2D eigenvalue weighted by Crippen LogP contribution is 2.76. The zero-order chi connectivity index (χ0) is 25.8. The summed E-state index contributed by atoms with van der Waals surface area (Å²) in [6, 6.07) is 8.57. The Bertz CT molecular complexity index is 1190. The maximum atomic E-state index is 15.0. The average molecular weight is 477 g/mol. The second-order valence-electron chi connectivity index (χ2n) is 12.8. The molecule has 1 N–H and O–H groups in total. The summed E-state index contributed by atoms with van der Waals surface area (Å²) in [5, 5.41) is 11.2. The summed E-state index contributed by atoms with van der Waals surface area (Å²) < 4.78 is 0. The van der Waals surface area contributed by atoms with E-state index >= 15 is 4.79 Å². The molecule has 5 nitrogen and oxygen atoms in total. The smallest absolute Gasteiger partial charge is 0.184 e. The van der Waals surface area contributed by atoms with E-state index in [1.165, 1.54) is 0 Å². The summed E-state index contributed by atoms with van der Waals surface area (Å²) in [6.07, 6.45) is 2.48. The molecule has 35 heavy (non-hydrogen) atoms. The highest BCUT2D eigenvalue weighted by Gasteiger charge is 2.87. The van der Waals surface area contributed by atoms with Crippen molar-refractivity contribution >= 4 is 23.1 Å². The lowest BCUT2D eigenvalue weighted by Gasteiger charge is -2.62. The molecule has 5 aliphatic rings. The molecule has 1 aromatic rings. The van der Waals surface area contributed by atoms with Crippen LogP contribution in [-0.4, -0.2) is 34.3 Å². The molecule has 5 heteroatoms. The lowest BCUT2D eigenvalue weighted by atomic mass is 9.35. The number of hydrogen-bond donors (Lipinski definition) is 1. The Morgan fingerprint density at radius 2 is 1.54 bits per heavy atom. The number of carbonyl (C=O) groups is 4. The molecule has 0 heterocycles. The van der Waals surface area contributed by atoms with Crippen LogP contribution in [0, 0.1) is 38.9 Å². The van der Waals surface area contributed by atoms with Gasteiger partial charge in [0.2, 0.25) is 0 Å². The van der Waals surface area contributed by atoms with Crippen LogP contribution in [0.25, 0.3) is 0 Å². The minimum absolute atomic E-state index is 0.179.